The van der Waals surface area contributed by atoms with Crippen LogP contribution in [-0.2, 0) is 17.9 Å². The van der Waals surface area contributed by atoms with Gasteiger partial charge in [0.15, 0.2) is 0 Å². The van der Waals surface area contributed by atoms with Crippen LogP contribution < -0.4 is 10.6 Å². The number of aromatic nitrogens is 3. The van der Waals surface area contributed by atoms with Gasteiger partial charge in [-0.25, -0.2) is 14.1 Å². The lowest BCUT2D eigenvalue weighted by Crippen LogP contribution is -2.31. The van der Waals surface area contributed by atoms with Crippen LogP contribution in [0.5, 0.6) is 0 Å². The first-order valence-electron chi connectivity index (χ1n) is 8.92. The molecule has 3 aromatic rings. The third-order valence-corrected chi connectivity index (χ3v) is 4.90. The number of hydrogen-bond acceptors (Lipinski definition) is 4. The van der Waals surface area contributed by atoms with Crippen LogP contribution in [0.1, 0.15) is 27.9 Å². The molecule has 0 spiro atoms. The van der Waals surface area contributed by atoms with Crippen molar-refractivity contribution >= 4 is 27.7 Å². The minimum atomic E-state index is -0.499. The minimum Gasteiger partial charge on any atom is -0.352 e. The molecular formula is C20H19BrFN5O2. The summed E-state index contributed by atoms with van der Waals surface area (Å²) in [6, 6.07) is 11.6. The van der Waals surface area contributed by atoms with Gasteiger partial charge in [0.1, 0.15) is 18.5 Å². The van der Waals surface area contributed by atoms with Gasteiger partial charge in [-0.3, -0.25) is 9.59 Å². The average molecular weight is 460 g/mol. The first-order valence-corrected chi connectivity index (χ1v) is 9.71. The number of carbonyl (C=O) groups excluding carboxylic acids is 2. The molecule has 1 heterocycles. The van der Waals surface area contributed by atoms with Crippen LogP contribution in [0.15, 0.2) is 59.6 Å². The molecule has 0 radical (unpaired) electrons. The van der Waals surface area contributed by atoms with E-state index in [9.17, 15) is 14.0 Å². The molecule has 0 aliphatic heterocycles. The Labute approximate surface area is 175 Å². The van der Waals surface area contributed by atoms with Crippen LogP contribution >= 0.6 is 15.9 Å². The number of nitrogens with one attached hydrogen (secondary N) is 2. The molecule has 150 valence electrons. The van der Waals surface area contributed by atoms with Crippen molar-refractivity contribution in [1.82, 2.24) is 25.4 Å². The van der Waals surface area contributed by atoms with E-state index in [-0.39, 0.29) is 24.4 Å². The van der Waals surface area contributed by atoms with Gasteiger partial charge in [-0.2, -0.15) is 5.10 Å². The highest BCUT2D eigenvalue weighted by atomic mass is 79.9. The molecule has 0 aliphatic carbocycles. The quantitative estimate of drug-likeness (QED) is 0.541. The van der Waals surface area contributed by atoms with Crippen molar-refractivity contribution in [3.05, 3.63) is 82.1 Å². The Bertz CT molecular complexity index is 994. The minimum absolute atomic E-state index is 0.115. The van der Waals surface area contributed by atoms with Crippen molar-refractivity contribution in [2.75, 3.05) is 6.54 Å². The zero-order valence-corrected chi connectivity index (χ0v) is 17.0. The van der Waals surface area contributed by atoms with Crippen LogP contribution in [0.4, 0.5) is 4.39 Å². The third-order valence-electron chi connectivity index (χ3n) is 4.20. The molecule has 9 heteroatoms. The summed E-state index contributed by atoms with van der Waals surface area (Å²) in [5.41, 5.74) is 2.19. The number of benzene rings is 2. The summed E-state index contributed by atoms with van der Waals surface area (Å²) in [4.78, 5) is 28.2. The molecule has 1 aromatic heterocycles. The molecule has 0 saturated heterocycles. The van der Waals surface area contributed by atoms with E-state index in [1.165, 1.54) is 18.5 Å². The topological polar surface area (TPSA) is 88.9 Å². The number of hydrogen-bond donors (Lipinski definition) is 2. The maximum atomic E-state index is 13.3. The van der Waals surface area contributed by atoms with Crippen LogP contribution in [0, 0.1) is 5.82 Å². The van der Waals surface area contributed by atoms with E-state index in [0.29, 0.717) is 17.6 Å². The van der Waals surface area contributed by atoms with Gasteiger partial charge in [-0.15, -0.1) is 0 Å². The second kappa shape index (κ2) is 9.92. The van der Waals surface area contributed by atoms with Crippen LogP contribution in [-0.4, -0.2) is 33.1 Å². The number of carbonyl (C=O) groups is 2. The monoisotopic (exact) mass is 459 g/mol. The van der Waals surface area contributed by atoms with E-state index in [2.05, 4.69) is 36.6 Å². The lowest BCUT2D eigenvalue weighted by Gasteiger charge is -2.11. The molecular weight excluding hydrogens is 441 g/mol. The summed E-state index contributed by atoms with van der Waals surface area (Å²) in [7, 11) is 0. The van der Waals surface area contributed by atoms with Gasteiger partial charge in [0, 0.05) is 24.0 Å². The Hall–Kier alpha value is -3.07. The van der Waals surface area contributed by atoms with Gasteiger partial charge in [-0.1, -0.05) is 24.3 Å². The Morgan fingerprint density at radius 2 is 1.90 bits per heavy atom. The van der Waals surface area contributed by atoms with Gasteiger partial charge in [-0.05, 0) is 45.3 Å². The zero-order valence-electron chi connectivity index (χ0n) is 15.4. The van der Waals surface area contributed by atoms with Crippen LogP contribution in [0.3, 0.4) is 0 Å². The fraction of sp³-hybridized carbons (Fsp3) is 0.200. The molecule has 0 fully saturated rings. The van der Waals surface area contributed by atoms with Gasteiger partial charge in [0.2, 0.25) is 5.91 Å². The molecule has 2 amide bonds. The summed E-state index contributed by atoms with van der Waals surface area (Å²) in [5.74, 6) is -1.14. The molecule has 0 atom stereocenters. The van der Waals surface area contributed by atoms with Crippen molar-refractivity contribution in [3.8, 4) is 0 Å². The highest BCUT2D eigenvalue weighted by molar-refractivity contribution is 9.10. The largest absolute Gasteiger partial charge is 0.352 e. The zero-order chi connectivity index (χ0) is 20.6. The Morgan fingerprint density at radius 3 is 2.66 bits per heavy atom. The van der Waals surface area contributed by atoms with E-state index in [1.54, 1.807) is 11.0 Å². The first-order chi connectivity index (χ1) is 14.0. The lowest BCUT2D eigenvalue weighted by atomic mass is 10.1. The van der Waals surface area contributed by atoms with E-state index in [0.717, 1.165) is 17.2 Å². The summed E-state index contributed by atoms with van der Waals surface area (Å²) < 4.78 is 15.5. The normalized spacial score (nSPS) is 10.6. The number of nitrogens with zero attached hydrogens (tertiary/aromatic N) is 3. The van der Waals surface area contributed by atoms with E-state index in [4.69, 9.17) is 0 Å². The third kappa shape index (κ3) is 5.95. The molecule has 29 heavy (non-hydrogen) atoms. The van der Waals surface area contributed by atoms with Gasteiger partial charge < -0.3 is 10.6 Å². The van der Waals surface area contributed by atoms with Crippen molar-refractivity contribution in [2.45, 2.75) is 19.5 Å². The molecule has 3 rings (SSSR count). The lowest BCUT2D eigenvalue weighted by molar-refractivity contribution is -0.121. The van der Waals surface area contributed by atoms with Crippen molar-refractivity contribution < 1.29 is 14.0 Å². The maximum Gasteiger partial charge on any atom is 0.252 e. The average Bonchev–Trinajstić information content (AvgIpc) is 3.22. The van der Waals surface area contributed by atoms with Gasteiger partial charge in [0.05, 0.1) is 12.1 Å². The number of amides is 2. The van der Waals surface area contributed by atoms with Crippen molar-refractivity contribution in [3.63, 3.8) is 0 Å². The van der Waals surface area contributed by atoms with E-state index < -0.39 is 11.7 Å². The first kappa shape index (κ1) is 20.7. The van der Waals surface area contributed by atoms with Gasteiger partial charge >= 0.3 is 0 Å². The number of rotatable bonds is 8. The molecule has 0 unspecified atom stereocenters. The fourth-order valence-electron chi connectivity index (χ4n) is 2.71. The van der Waals surface area contributed by atoms with Gasteiger partial charge in [0.25, 0.3) is 5.91 Å². The van der Waals surface area contributed by atoms with E-state index in [1.807, 2.05) is 24.3 Å². The highest BCUT2D eigenvalue weighted by Gasteiger charge is 2.12. The predicted octanol–water partition coefficient (Wildman–Crippen LogP) is 2.66. The van der Waals surface area contributed by atoms with Crippen LogP contribution in [0.2, 0.25) is 0 Å². The number of halogens is 2. The summed E-state index contributed by atoms with van der Waals surface area (Å²) in [5, 5.41) is 9.56. The van der Waals surface area contributed by atoms with E-state index >= 15 is 0 Å². The second-order valence-electron chi connectivity index (χ2n) is 6.27. The fourth-order valence-corrected chi connectivity index (χ4v) is 3.14. The molecule has 2 N–H and O–H groups in total. The smallest absolute Gasteiger partial charge is 0.252 e. The second-order valence-corrected chi connectivity index (χ2v) is 7.12. The summed E-state index contributed by atoms with van der Waals surface area (Å²) in [6.07, 6.45) is 3.22. The molecule has 2 aromatic carbocycles. The SMILES string of the molecule is O=C(CCNC(=O)c1cc(F)ccc1Br)NCc1ccccc1Cn1cncn1. The highest BCUT2D eigenvalue weighted by Crippen LogP contribution is 2.17. The predicted molar refractivity (Wildman–Crippen MR) is 108 cm³/mol. The standard InChI is InChI=1S/C20H19BrFN5O2/c21-18-6-5-16(22)9-17(18)20(29)24-8-7-19(28)25-10-14-3-1-2-4-15(14)11-27-13-23-12-26-27/h1-6,9,12-13H,7-8,10-11H2,(H,24,29)(H,25,28). The van der Waals surface area contributed by atoms with Crippen molar-refractivity contribution in [1.29, 1.82) is 0 Å². The Morgan fingerprint density at radius 1 is 1.10 bits per heavy atom. The Kier molecular flexibility index (Phi) is 7.07. The maximum absolute atomic E-state index is 13.3. The molecule has 0 aliphatic rings. The van der Waals surface area contributed by atoms with Crippen LogP contribution in [0.25, 0.3) is 0 Å². The molecule has 7 nitrogen and oxygen atoms in total. The summed E-state index contributed by atoms with van der Waals surface area (Å²) >= 11 is 3.21. The Balaban J connectivity index is 1.47. The molecule has 0 saturated carbocycles. The molecule has 0 bridgehead atoms. The van der Waals surface area contributed by atoms with Crippen molar-refractivity contribution in [2.24, 2.45) is 0 Å². The summed E-state index contributed by atoms with van der Waals surface area (Å²) in [6.45, 7) is 1.08.